The van der Waals surface area contributed by atoms with Crippen molar-refractivity contribution in [3.63, 3.8) is 0 Å². The molecular formula is C22H25Cl2N. The van der Waals surface area contributed by atoms with E-state index in [-0.39, 0.29) is 11.0 Å². The van der Waals surface area contributed by atoms with Crippen molar-refractivity contribution in [2.75, 3.05) is 4.90 Å². The summed E-state index contributed by atoms with van der Waals surface area (Å²) in [5.74, 6) is 0. The first-order valence-corrected chi connectivity index (χ1v) is 9.90. The van der Waals surface area contributed by atoms with E-state index in [0.717, 1.165) is 5.69 Å². The number of hydrogen-bond donors (Lipinski definition) is 0. The summed E-state index contributed by atoms with van der Waals surface area (Å²) in [5, 5.41) is 1.39. The fourth-order valence-electron chi connectivity index (χ4n) is 5.44. The maximum Gasteiger partial charge on any atom is 0.0518 e. The smallest absolute Gasteiger partial charge is 0.0518 e. The Hall–Kier alpha value is -1.18. The number of anilines is 2. The van der Waals surface area contributed by atoms with Crippen LogP contribution in [0.2, 0.25) is 10.0 Å². The van der Waals surface area contributed by atoms with Gasteiger partial charge in [0.15, 0.2) is 0 Å². The molecule has 1 fully saturated rings. The van der Waals surface area contributed by atoms with Crippen molar-refractivity contribution in [1.82, 2.24) is 0 Å². The number of benzene rings is 2. The highest BCUT2D eigenvalue weighted by atomic mass is 35.5. The summed E-state index contributed by atoms with van der Waals surface area (Å²) in [7, 11) is 0. The zero-order valence-electron chi connectivity index (χ0n) is 15.4. The summed E-state index contributed by atoms with van der Waals surface area (Å²) < 4.78 is 0. The van der Waals surface area contributed by atoms with Crippen LogP contribution in [-0.4, -0.2) is 5.54 Å². The van der Waals surface area contributed by atoms with E-state index in [1.807, 2.05) is 6.07 Å². The summed E-state index contributed by atoms with van der Waals surface area (Å²) >= 11 is 12.7. The first-order valence-electron chi connectivity index (χ1n) is 9.14. The van der Waals surface area contributed by atoms with Gasteiger partial charge in [-0.2, -0.15) is 0 Å². The Morgan fingerprint density at radius 1 is 0.880 bits per heavy atom. The molecule has 2 aliphatic rings. The molecule has 1 saturated carbocycles. The van der Waals surface area contributed by atoms with Gasteiger partial charge in [0.25, 0.3) is 0 Å². The van der Waals surface area contributed by atoms with E-state index in [2.05, 4.69) is 56.9 Å². The minimum Gasteiger partial charge on any atom is -0.334 e. The van der Waals surface area contributed by atoms with Gasteiger partial charge in [0.1, 0.15) is 0 Å². The maximum absolute atomic E-state index is 6.36. The zero-order chi connectivity index (χ0) is 18.0. The van der Waals surface area contributed by atoms with Gasteiger partial charge in [-0.05, 0) is 74.6 Å². The molecule has 1 aliphatic heterocycles. The first-order chi connectivity index (χ1) is 11.8. The number of nitrogens with zero attached hydrogens (tertiary/aromatic N) is 1. The summed E-state index contributed by atoms with van der Waals surface area (Å²) in [5.41, 5.74) is 6.85. The number of rotatable bonds is 1. The molecule has 2 unspecified atom stereocenters. The van der Waals surface area contributed by atoms with E-state index in [1.165, 1.54) is 48.1 Å². The van der Waals surface area contributed by atoms with Crippen LogP contribution in [0.1, 0.15) is 56.2 Å². The van der Waals surface area contributed by atoms with E-state index in [4.69, 9.17) is 23.2 Å². The van der Waals surface area contributed by atoms with E-state index < -0.39 is 0 Å². The summed E-state index contributed by atoms with van der Waals surface area (Å²) in [6.45, 7) is 9.33. The maximum atomic E-state index is 6.36. The quantitative estimate of drug-likeness (QED) is 0.504. The second-order valence-corrected chi connectivity index (χ2v) is 9.12. The molecule has 1 heterocycles. The van der Waals surface area contributed by atoms with Crippen molar-refractivity contribution >= 4 is 34.6 Å². The lowest BCUT2D eigenvalue weighted by molar-refractivity contribution is 0.194. The molecule has 2 aromatic carbocycles. The highest BCUT2D eigenvalue weighted by molar-refractivity contribution is 6.35. The molecule has 0 N–H and O–H groups in total. The fourth-order valence-corrected chi connectivity index (χ4v) is 5.96. The number of aryl methyl sites for hydroxylation is 2. The molecule has 25 heavy (non-hydrogen) atoms. The van der Waals surface area contributed by atoms with Crippen LogP contribution in [0.4, 0.5) is 11.4 Å². The Labute approximate surface area is 160 Å². The summed E-state index contributed by atoms with van der Waals surface area (Å²) in [6, 6.07) is 10.6. The molecule has 4 rings (SSSR count). The van der Waals surface area contributed by atoms with Gasteiger partial charge in [-0.1, -0.05) is 49.0 Å². The Morgan fingerprint density at radius 2 is 1.52 bits per heavy atom. The molecule has 2 aromatic rings. The second-order valence-electron chi connectivity index (χ2n) is 8.25. The molecule has 1 nitrogen and oxygen atoms in total. The van der Waals surface area contributed by atoms with Crippen molar-refractivity contribution < 1.29 is 0 Å². The Kier molecular flexibility index (Phi) is 3.90. The molecule has 0 aromatic heterocycles. The van der Waals surface area contributed by atoms with E-state index in [0.29, 0.717) is 10.0 Å². The third-order valence-electron chi connectivity index (χ3n) is 6.63. The molecular weight excluding hydrogens is 349 g/mol. The van der Waals surface area contributed by atoms with Crippen molar-refractivity contribution in [1.29, 1.82) is 0 Å². The van der Waals surface area contributed by atoms with Gasteiger partial charge >= 0.3 is 0 Å². The highest BCUT2D eigenvalue weighted by Gasteiger charge is 2.58. The lowest BCUT2D eigenvalue weighted by Crippen LogP contribution is -2.54. The van der Waals surface area contributed by atoms with Crippen LogP contribution in [0, 0.1) is 13.8 Å². The highest BCUT2D eigenvalue weighted by Crippen LogP contribution is 2.61. The molecule has 0 radical (unpaired) electrons. The summed E-state index contributed by atoms with van der Waals surface area (Å²) in [6.07, 6.45) is 4.97. The van der Waals surface area contributed by atoms with E-state index in [1.54, 1.807) is 0 Å². The normalized spacial score (nSPS) is 28.0. The lowest BCUT2D eigenvalue weighted by Gasteiger charge is -2.50. The molecule has 2 atom stereocenters. The van der Waals surface area contributed by atoms with Crippen LogP contribution in [0.3, 0.4) is 0 Å². The monoisotopic (exact) mass is 373 g/mol. The minimum atomic E-state index is 0.0418. The molecule has 132 valence electrons. The Balaban J connectivity index is 2.04. The van der Waals surface area contributed by atoms with Crippen LogP contribution in [0.25, 0.3) is 0 Å². The largest absolute Gasteiger partial charge is 0.334 e. The van der Waals surface area contributed by atoms with Crippen LogP contribution < -0.4 is 4.90 Å². The Morgan fingerprint density at radius 3 is 2.20 bits per heavy atom. The fraction of sp³-hybridized carbons (Fsp3) is 0.455. The van der Waals surface area contributed by atoms with E-state index >= 15 is 0 Å². The van der Waals surface area contributed by atoms with Gasteiger partial charge in [-0.3, -0.25) is 0 Å². The standard InChI is InChI=1S/C22H25Cl2N/c1-14-9-15(2)20-19(10-14)25(18-12-16(23)11-17(24)13-18)22(4)8-6-5-7-21(20,22)3/h9-13H,5-8H2,1-4H3. The molecule has 0 spiro atoms. The predicted octanol–water partition coefficient (Wildman–Crippen LogP) is 7.35. The average Bonchev–Trinajstić information content (AvgIpc) is 2.70. The SMILES string of the molecule is Cc1cc(C)c2c(c1)N(c1cc(Cl)cc(Cl)c1)C1(C)CCCCC21C. The van der Waals surface area contributed by atoms with Crippen molar-refractivity contribution in [2.24, 2.45) is 0 Å². The van der Waals surface area contributed by atoms with Crippen LogP contribution >= 0.6 is 23.2 Å². The second kappa shape index (κ2) is 5.66. The molecule has 3 heteroatoms. The van der Waals surface area contributed by atoms with Gasteiger partial charge in [-0.15, -0.1) is 0 Å². The summed E-state index contributed by atoms with van der Waals surface area (Å²) in [4.78, 5) is 2.53. The van der Waals surface area contributed by atoms with E-state index in [9.17, 15) is 0 Å². The molecule has 0 saturated heterocycles. The van der Waals surface area contributed by atoms with Crippen molar-refractivity contribution in [3.8, 4) is 0 Å². The average molecular weight is 374 g/mol. The van der Waals surface area contributed by atoms with Gasteiger partial charge in [-0.25, -0.2) is 0 Å². The zero-order valence-corrected chi connectivity index (χ0v) is 16.9. The van der Waals surface area contributed by atoms with Gasteiger partial charge in [0, 0.05) is 26.8 Å². The molecule has 0 amide bonds. The number of fused-ring (bicyclic) bond motifs is 3. The minimum absolute atomic E-state index is 0.0418. The number of hydrogen-bond acceptors (Lipinski definition) is 1. The predicted molar refractivity (Wildman–Crippen MR) is 109 cm³/mol. The molecule has 1 aliphatic carbocycles. The third-order valence-corrected chi connectivity index (χ3v) is 7.07. The first kappa shape index (κ1) is 17.2. The lowest BCUT2D eigenvalue weighted by atomic mass is 9.61. The van der Waals surface area contributed by atoms with Crippen molar-refractivity contribution in [3.05, 3.63) is 57.1 Å². The molecule has 0 bridgehead atoms. The third kappa shape index (κ3) is 2.35. The topological polar surface area (TPSA) is 3.24 Å². The van der Waals surface area contributed by atoms with Gasteiger partial charge in [0.05, 0.1) is 5.54 Å². The van der Waals surface area contributed by atoms with Crippen LogP contribution in [0.5, 0.6) is 0 Å². The Bertz CT molecular complexity index is 839. The van der Waals surface area contributed by atoms with Crippen LogP contribution in [-0.2, 0) is 5.41 Å². The number of halogens is 2. The van der Waals surface area contributed by atoms with Crippen molar-refractivity contribution in [2.45, 2.75) is 64.3 Å². The van der Waals surface area contributed by atoms with Gasteiger partial charge in [0.2, 0.25) is 0 Å². The van der Waals surface area contributed by atoms with Gasteiger partial charge < -0.3 is 4.90 Å². The van der Waals surface area contributed by atoms with Crippen LogP contribution in [0.15, 0.2) is 30.3 Å².